The molecule has 122 valence electrons. The Labute approximate surface area is 127 Å². The molecular formula is C18H38O2. The van der Waals surface area contributed by atoms with Gasteiger partial charge in [-0.15, -0.1) is 0 Å². The van der Waals surface area contributed by atoms with Gasteiger partial charge >= 0.3 is 0 Å². The van der Waals surface area contributed by atoms with E-state index in [0.29, 0.717) is 6.61 Å². The fourth-order valence-corrected chi connectivity index (χ4v) is 2.71. The highest BCUT2D eigenvalue weighted by atomic mass is 17.1. The zero-order chi connectivity index (χ0) is 14.7. The molecule has 1 N–H and O–H groups in total. The van der Waals surface area contributed by atoms with Crippen LogP contribution in [-0.2, 0) is 4.89 Å². The minimum atomic E-state index is 0.498. The van der Waals surface area contributed by atoms with E-state index in [9.17, 15) is 0 Å². The molecule has 0 rings (SSSR count). The molecule has 0 aromatic carbocycles. The minimum Gasteiger partial charge on any atom is -0.252 e. The molecule has 0 aliphatic rings. The van der Waals surface area contributed by atoms with Crippen LogP contribution >= 0.6 is 0 Å². The maximum atomic E-state index is 8.18. The maximum absolute atomic E-state index is 8.18. The molecule has 0 aliphatic heterocycles. The summed E-state index contributed by atoms with van der Waals surface area (Å²) in [6.07, 6.45) is 22.0. The molecule has 0 radical (unpaired) electrons. The lowest BCUT2D eigenvalue weighted by Gasteiger charge is -2.03. The van der Waals surface area contributed by atoms with Gasteiger partial charge in [-0.3, -0.25) is 5.26 Å². The lowest BCUT2D eigenvalue weighted by Crippen LogP contribution is -1.88. The van der Waals surface area contributed by atoms with Gasteiger partial charge in [0.2, 0.25) is 0 Å². The van der Waals surface area contributed by atoms with Gasteiger partial charge in [0.25, 0.3) is 0 Å². The second-order valence-corrected chi connectivity index (χ2v) is 6.14. The standard InChI is InChI=1S/C18H38O2/c1-2-3-4-5-6-7-8-9-10-11-12-13-14-15-16-17-18-20-19/h19H,2-18H2,1H3. The summed E-state index contributed by atoms with van der Waals surface area (Å²) in [5.41, 5.74) is 0. The average molecular weight is 286 g/mol. The first kappa shape index (κ1) is 19.9. The molecule has 0 bridgehead atoms. The molecule has 0 saturated heterocycles. The van der Waals surface area contributed by atoms with Gasteiger partial charge in [-0.05, 0) is 6.42 Å². The summed E-state index contributed by atoms with van der Waals surface area (Å²) in [5.74, 6) is 0. The molecule has 2 nitrogen and oxygen atoms in total. The van der Waals surface area contributed by atoms with Crippen molar-refractivity contribution in [3.63, 3.8) is 0 Å². The van der Waals surface area contributed by atoms with E-state index < -0.39 is 0 Å². The lowest BCUT2D eigenvalue weighted by molar-refractivity contribution is -0.242. The average Bonchev–Trinajstić information content (AvgIpc) is 2.47. The summed E-state index contributed by atoms with van der Waals surface area (Å²) in [7, 11) is 0. The van der Waals surface area contributed by atoms with E-state index in [-0.39, 0.29) is 0 Å². The lowest BCUT2D eigenvalue weighted by atomic mass is 10.0. The van der Waals surface area contributed by atoms with Crippen LogP contribution in [0.3, 0.4) is 0 Å². The molecule has 20 heavy (non-hydrogen) atoms. The first-order chi connectivity index (χ1) is 9.91. The van der Waals surface area contributed by atoms with Crippen molar-refractivity contribution in [1.29, 1.82) is 0 Å². The summed E-state index contributed by atoms with van der Waals surface area (Å²) < 4.78 is 0. The highest BCUT2D eigenvalue weighted by Crippen LogP contribution is 2.13. The van der Waals surface area contributed by atoms with Gasteiger partial charge in [-0.1, -0.05) is 103 Å². The summed E-state index contributed by atoms with van der Waals surface area (Å²) >= 11 is 0. The zero-order valence-electron chi connectivity index (χ0n) is 13.9. The molecule has 0 amide bonds. The van der Waals surface area contributed by atoms with Crippen molar-refractivity contribution < 1.29 is 10.1 Å². The smallest absolute Gasteiger partial charge is 0.0819 e. The topological polar surface area (TPSA) is 29.5 Å². The Morgan fingerprint density at radius 1 is 0.500 bits per heavy atom. The first-order valence-electron chi connectivity index (χ1n) is 9.18. The predicted octanol–water partition coefficient (Wildman–Crippen LogP) is 6.74. The normalized spacial score (nSPS) is 11.1. The van der Waals surface area contributed by atoms with Gasteiger partial charge in [0.15, 0.2) is 0 Å². The van der Waals surface area contributed by atoms with Gasteiger partial charge < -0.3 is 0 Å². The van der Waals surface area contributed by atoms with Gasteiger partial charge in [0.05, 0.1) is 6.61 Å². The third kappa shape index (κ3) is 17.9. The van der Waals surface area contributed by atoms with Crippen molar-refractivity contribution in [2.45, 2.75) is 110 Å². The minimum absolute atomic E-state index is 0.498. The molecule has 0 fully saturated rings. The van der Waals surface area contributed by atoms with Crippen LogP contribution in [0.5, 0.6) is 0 Å². The number of hydrogen-bond acceptors (Lipinski definition) is 2. The van der Waals surface area contributed by atoms with Crippen molar-refractivity contribution in [1.82, 2.24) is 0 Å². The summed E-state index contributed by atoms with van der Waals surface area (Å²) in [6, 6.07) is 0. The van der Waals surface area contributed by atoms with Crippen LogP contribution in [-0.4, -0.2) is 11.9 Å². The highest BCUT2D eigenvalue weighted by Gasteiger charge is 1.94. The monoisotopic (exact) mass is 286 g/mol. The summed E-state index contributed by atoms with van der Waals surface area (Å²) in [4.78, 5) is 4.06. The van der Waals surface area contributed by atoms with Gasteiger partial charge in [-0.25, -0.2) is 4.89 Å². The Morgan fingerprint density at radius 2 is 0.800 bits per heavy atom. The Morgan fingerprint density at radius 3 is 1.10 bits per heavy atom. The Kier molecular flexibility index (Phi) is 18.8. The molecule has 0 spiro atoms. The van der Waals surface area contributed by atoms with Gasteiger partial charge in [0, 0.05) is 0 Å². The predicted molar refractivity (Wildman–Crippen MR) is 88.1 cm³/mol. The number of unbranched alkanes of at least 4 members (excludes halogenated alkanes) is 15. The fourth-order valence-electron chi connectivity index (χ4n) is 2.71. The van der Waals surface area contributed by atoms with Crippen LogP contribution in [0.1, 0.15) is 110 Å². The number of hydrogen-bond donors (Lipinski definition) is 1. The van der Waals surface area contributed by atoms with E-state index >= 15 is 0 Å². The summed E-state index contributed by atoms with van der Waals surface area (Å²) in [6.45, 7) is 2.78. The van der Waals surface area contributed by atoms with Crippen LogP contribution < -0.4 is 0 Å². The summed E-state index contributed by atoms with van der Waals surface area (Å²) in [5, 5.41) is 8.18. The molecule has 0 atom stereocenters. The van der Waals surface area contributed by atoms with E-state index in [4.69, 9.17) is 5.26 Å². The molecule has 0 saturated carbocycles. The van der Waals surface area contributed by atoms with E-state index in [2.05, 4.69) is 11.8 Å². The largest absolute Gasteiger partial charge is 0.252 e. The van der Waals surface area contributed by atoms with Crippen molar-refractivity contribution >= 4 is 0 Å². The molecule has 0 aromatic rings. The second kappa shape index (κ2) is 18.9. The van der Waals surface area contributed by atoms with Crippen LogP contribution in [0.4, 0.5) is 0 Å². The molecule has 0 unspecified atom stereocenters. The Balaban J connectivity index is 2.89. The van der Waals surface area contributed by atoms with Gasteiger partial charge in [0.1, 0.15) is 0 Å². The molecular weight excluding hydrogens is 248 g/mol. The SMILES string of the molecule is CCCCCCCCCCCCCCCCCCOO. The Bertz CT molecular complexity index is 141. The zero-order valence-corrected chi connectivity index (χ0v) is 13.9. The third-order valence-electron chi connectivity index (χ3n) is 4.09. The fraction of sp³-hybridized carbons (Fsp3) is 1.00. The van der Waals surface area contributed by atoms with Crippen molar-refractivity contribution in [3.8, 4) is 0 Å². The first-order valence-corrected chi connectivity index (χ1v) is 9.18. The van der Waals surface area contributed by atoms with Crippen LogP contribution in [0.15, 0.2) is 0 Å². The van der Waals surface area contributed by atoms with Crippen molar-refractivity contribution in [3.05, 3.63) is 0 Å². The highest BCUT2D eigenvalue weighted by molar-refractivity contribution is 4.49. The van der Waals surface area contributed by atoms with E-state index in [1.165, 1.54) is 96.3 Å². The third-order valence-corrected chi connectivity index (χ3v) is 4.09. The van der Waals surface area contributed by atoms with Crippen LogP contribution in [0.2, 0.25) is 0 Å². The van der Waals surface area contributed by atoms with Crippen LogP contribution in [0, 0.1) is 0 Å². The van der Waals surface area contributed by atoms with Crippen molar-refractivity contribution in [2.75, 3.05) is 6.61 Å². The maximum Gasteiger partial charge on any atom is 0.0819 e. The van der Waals surface area contributed by atoms with Crippen LogP contribution in [0.25, 0.3) is 0 Å². The quantitative estimate of drug-likeness (QED) is 0.182. The molecule has 0 heterocycles. The number of rotatable bonds is 17. The van der Waals surface area contributed by atoms with E-state index in [1.807, 2.05) is 0 Å². The van der Waals surface area contributed by atoms with E-state index in [1.54, 1.807) is 0 Å². The molecule has 2 heteroatoms. The molecule has 0 aromatic heterocycles. The van der Waals surface area contributed by atoms with Crippen molar-refractivity contribution in [2.24, 2.45) is 0 Å². The Hall–Kier alpha value is -0.0800. The van der Waals surface area contributed by atoms with Gasteiger partial charge in [-0.2, -0.15) is 0 Å². The molecule has 0 aliphatic carbocycles. The second-order valence-electron chi connectivity index (χ2n) is 6.14. The van der Waals surface area contributed by atoms with E-state index in [0.717, 1.165) is 6.42 Å².